The second-order valence-corrected chi connectivity index (χ2v) is 11.9. The van der Waals surface area contributed by atoms with Crippen molar-refractivity contribution in [3.63, 3.8) is 0 Å². The van der Waals surface area contributed by atoms with E-state index < -0.39 is 0 Å². The van der Waals surface area contributed by atoms with Crippen molar-refractivity contribution in [1.82, 2.24) is 0 Å². The molecular formula is C30H34. The van der Waals surface area contributed by atoms with E-state index in [0.29, 0.717) is 0 Å². The molecule has 154 valence electrons. The van der Waals surface area contributed by atoms with Crippen molar-refractivity contribution >= 4 is 11.1 Å². The van der Waals surface area contributed by atoms with Crippen molar-refractivity contribution in [2.75, 3.05) is 0 Å². The van der Waals surface area contributed by atoms with Gasteiger partial charge in [0.15, 0.2) is 0 Å². The zero-order chi connectivity index (χ0) is 21.7. The zero-order valence-corrected chi connectivity index (χ0v) is 19.8. The third-order valence-corrected chi connectivity index (χ3v) is 8.14. The van der Waals surface area contributed by atoms with Crippen LogP contribution in [-0.4, -0.2) is 0 Å². The van der Waals surface area contributed by atoms with E-state index in [-0.39, 0.29) is 21.7 Å². The Labute approximate surface area is 182 Å². The van der Waals surface area contributed by atoms with Crippen LogP contribution in [0, 0.1) is 21.7 Å². The molecule has 0 radical (unpaired) electrons. The fourth-order valence-electron chi connectivity index (χ4n) is 5.86. The van der Waals surface area contributed by atoms with Gasteiger partial charge in [-0.2, -0.15) is 0 Å². The van der Waals surface area contributed by atoms with Crippen molar-refractivity contribution in [2.45, 2.75) is 55.4 Å². The Morgan fingerprint density at radius 3 is 1.27 bits per heavy atom. The summed E-state index contributed by atoms with van der Waals surface area (Å²) in [7, 11) is 0. The van der Waals surface area contributed by atoms with Crippen LogP contribution >= 0.6 is 0 Å². The van der Waals surface area contributed by atoms with Gasteiger partial charge in [-0.1, -0.05) is 116 Å². The number of hydrogen-bond donors (Lipinski definition) is 0. The van der Waals surface area contributed by atoms with Gasteiger partial charge in [-0.05, 0) is 55.4 Å². The minimum atomic E-state index is -0.0636. The van der Waals surface area contributed by atoms with Crippen LogP contribution in [0.4, 0.5) is 0 Å². The summed E-state index contributed by atoms with van der Waals surface area (Å²) in [4.78, 5) is 0. The summed E-state index contributed by atoms with van der Waals surface area (Å²) in [6.45, 7) is 18.9. The molecule has 0 spiro atoms. The van der Waals surface area contributed by atoms with E-state index in [2.05, 4.69) is 116 Å². The van der Waals surface area contributed by atoms with Gasteiger partial charge in [-0.25, -0.2) is 0 Å². The van der Waals surface area contributed by atoms with E-state index >= 15 is 0 Å². The number of rotatable bonds is 0. The lowest BCUT2D eigenvalue weighted by Gasteiger charge is -2.59. The predicted octanol–water partition coefficient (Wildman–Crippen LogP) is 8.32. The summed E-state index contributed by atoms with van der Waals surface area (Å²) in [6.07, 6.45) is 14.7. The van der Waals surface area contributed by atoms with Gasteiger partial charge in [0, 0.05) is 10.8 Å². The minimum absolute atomic E-state index is 0.0636. The maximum atomic E-state index is 2.50. The van der Waals surface area contributed by atoms with Gasteiger partial charge in [0.25, 0.3) is 0 Å². The maximum Gasteiger partial charge on any atom is 0.0315 e. The molecule has 0 fully saturated rings. The first-order valence-electron chi connectivity index (χ1n) is 11.3. The molecule has 0 nitrogen and oxygen atoms in total. The maximum absolute atomic E-state index is 2.50. The molecule has 1 aromatic rings. The molecule has 0 unspecified atom stereocenters. The normalized spacial score (nSPS) is 29.5. The highest BCUT2D eigenvalue weighted by molar-refractivity contribution is 5.98. The summed E-state index contributed by atoms with van der Waals surface area (Å²) >= 11 is 0. The van der Waals surface area contributed by atoms with Crippen LogP contribution in [0.5, 0.6) is 0 Å². The van der Waals surface area contributed by atoms with Crippen LogP contribution in [0.25, 0.3) is 11.1 Å². The van der Waals surface area contributed by atoms with Crippen LogP contribution in [0.1, 0.15) is 66.5 Å². The van der Waals surface area contributed by atoms with Gasteiger partial charge in [0.2, 0.25) is 0 Å². The molecule has 0 saturated carbocycles. The third-order valence-electron chi connectivity index (χ3n) is 8.14. The average molecular weight is 395 g/mol. The first kappa shape index (κ1) is 19.6. The number of hydrogen-bond acceptors (Lipinski definition) is 0. The predicted molar refractivity (Wildman–Crippen MR) is 130 cm³/mol. The first-order valence-corrected chi connectivity index (χ1v) is 11.3. The van der Waals surface area contributed by atoms with Crippen molar-refractivity contribution in [2.24, 2.45) is 21.7 Å². The quantitative estimate of drug-likeness (QED) is 0.415. The fraction of sp³-hybridized carbons (Fsp3) is 0.400. The molecule has 4 aliphatic rings. The molecule has 4 aliphatic carbocycles. The van der Waals surface area contributed by atoms with E-state index in [1.807, 2.05) is 0 Å². The Balaban J connectivity index is 1.92. The van der Waals surface area contributed by atoms with Crippen molar-refractivity contribution < 1.29 is 0 Å². The van der Waals surface area contributed by atoms with E-state index in [9.17, 15) is 0 Å². The van der Waals surface area contributed by atoms with E-state index in [4.69, 9.17) is 0 Å². The standard InChI is InChI=1S/C30H34/c1-27(2,3)21-15-19-13-14-20-16-22(28(4,5)6)18-26-24-12-10-9-11-23(24)25(17-21)29(19,7)30(20,26)8/h9-18H,1-8H3/t29-,30-/m0/s1. The Morgan fingerprint density at radius 2 is 0.933 bits per heavy atom. The lowest BCUT2D eigenvalue weighted by atomic mass is 9.43. The SMILES string of the molecule is CC(C)(C)C1=CC2=CC=C3C=C(C(C)(C)C)C=C4c5ccccc5C(=C1)[C@@]2(C)[C@@]34C. The van der Waals surface area contributed by atoms with E-state index in [1.54, 1.807) is 0 Å². The van der Waals surface area contributed by atoms with Gasteiger partial charge < -0.3 is 0 Å². The summed E-state index contributed by atoms with van der Waals surface area (Å²) < 4.78 is 0. The highest BCUT2D eigenvalue weighted by Crippen LogP contribution is 2.71. The molecule has 5 rings (SSSR count). The van der Waals surface area contributed by atoms with Gasteiger partial charge in [0.05, 0.1) is 0 Å². The van der Waals surface area contributed by atoms with Gasteiger partial charge in [-0.15, -0.1) is 0 Å². The molecule has 0 aliphatic heterocycles. The van der Waals surface area contributed by atoms with Crippen LogP contribution in [0.3, 0.4) is 0 Å². The van der Waals surface area contributed by atoms with Gasteiger partial charge >= 0.3 is 0 Å². The van der Waals surface area contributed by atoms with Gasteiger partial charge in [-0.3, -0.25) is 0 Å². The molecule has 2 atom stereocenters. The van der Waals surface area contributed by atoms with E-state index in [0.717, 1.165) is 0 Å². The topological polar surface area (TPSA) is 0 Å². The molecule has 0 heteroatoms. The third kappa shape index (κ3) is 2.28. The Bertz CT molecular complexity index is 1060. The molecule has 30 heavy (non-hydrogen) atoms. The van der Waals surface area contributed by atoms with Crippen LogP contribution < -0.4 is 0 Å². The Hall–Kier alpha value is -2.34. The molecule has 0 heterocycles. The van der Waals surface area contributed by atoms with Crippen molar-refractivity contribution in [1.29, 1.82) is 0 Å². The molecule has 1 aromatic carbocycles. The Kier molecular flexibility index (Phi) is 3.70. The lowest BCUT2D eigenvalue weighted by Crippen LogP contribution is -2.48. The summed E-state index contributed by atoms with van der Waals surface area (Å²) in [6, 6.07) is 9.08. The molecule has 0 N–H and O–H groups in total. The number of allylic oxidation sites excluding steroid dienone is 12. The smallest absolute Gasteiger partial charge is 0.0315 e. The van der Waals surface area contributed by atoms with Crippen molar-refractivity contribution in [3.8, 4) is 0 Å². The second kappa shape index (κ2) is 5.67. The summed E-state index contributed by atoms with van der Waals surface area (Å²) in [5.41, 5.74) is 11.6. The lowest BCUT2D eigenvalue weighted by molar-refractivity contribution is 0.298. The van der Waals surface area contributed by atoms with E-state index in [1.165, 1.54) is 44.6 Å². The number of benzene rings is 1. The zero-order valence-electron chi connectivity index (χ0n) is 19.8. The monoisotopic (exact) mass is 394 g/mol. The summed E-state index contributed by atoms with van der Waals surface area (Å²) in [5.74, 6) is 0. The van der Waals surface area contributed by atoms with Gasteiger partial charge in [0.1, 0.15) is 0 Å². The molecule has 0 aromatic heterocycles. The first-order chi connectivity index (χ1) is 13.9. The highest BCUT2D eigenvalue weighted by Gasteiger charge is 2.59. The fourth-order valence-corrected chi connectivity index (χ4v) is 5.86. The highest BCUT2D eigenvalue weighted by atomic mass is 14.6. The number of fused-ring (bicyclic) bond motifs is 3. The van der Waals surface area contributed by atoms with Crippen LogP contribution in [0.15, 0.2) is 83.0 Å². The minimum Gasteiger partial charge on any atom is -0.0616 e. The molecule has 0 saturated heterocycles. The largest absolute Gasteiger partial charge is 0.0616 e. The van der Waals surface area contributed by atoms with Crippen LogP contribution in [0.2, 0.25) is 0 Å². The van der Waals surface area contributed by atoms with Crippen LogP contribution in [-0.2, 0) is 0 Å². The van der Waals surface area contributed by atoms with Crippen molar-refractivity contribution in [3.05, 3.63) is 94.1 Å². The second-order valence-electron chi connectivity index (χ2n) is 11.9. The molecule has 0 bridgehead atoms. The Morgan fingerprint density at radius 1 is 0.567 bits per heavy atom. The molecular weight excluding hydrogens is 360 g/mol. The average Bonchev–Trinajstić information content (AvgIpc) is 2.65. The molecule has 0 amide bonds. The summed E-state index contributed by atoms with van der Waals surface area (Å²) in [5, 5.41) is 0.